The van der Waals surface area contributed by atoms with Crippen molar-refractivity contribution in [1.29, 1.82) is 0 Å². The average Bonchev–Trinajstić information content (AvgIpc) is 2.86. The molecule has 0 spiro atoms. The summed E-state index contributed by atoms with van der Waals surface area (Å²) in [7, 11) is 0. The Balaban J connectivity index is 2.39. The number of alkyl halides is 2. The monoisotopic (exact) mass is 370 g/mol. The number of halogens is 2. The minimum atomic E-state index is -3.42. The van der Waals surface area contributed by atoms with E-state index in [-0.39, 0.29) is 12.4 Å². The van der Waals surface area contributed by atoms with Crippen molar-refractivity contribution in [3.8, 4) is 17.2 Å². The largest absolute Gasteiger partial charge is 0.504 e. The van der Waals surface area contributed by atoms with Crippen molar-refractivity contribution in [2.75, 3.05) is 6.61 Å². The maximum Gasteiger partial charge on any atom is 0.436 e. The van der Waals surface area contributed by atoms with Crippen LogP contribution in [0.25, 0.3) is 5.69 Å². The molecule has 0 bridgehead atoms. The van der Waals surface area contributed by atoms with Crippen LogP contribution in [0.3, 0.4) is 0 Å². The van der Waals surface area contributed by atoms with E-state index in [1.54, 1.807) is 6.20 Å². The molecule has 0 atom stereocenters. The maximum absolute atomic E-state index is 12.9. The molecule has 0 saturated carbocycles. The van der Waals surface area contributed by atoms with E-state index >= 15 is 0 Å². The third-order valence-electron chi connectivity index (χ3n) is 2.79. The number of carbonyl (C=O) groups excluding carboxylic acids is 1. The first-order valence-electron chi connectivity index (χ1n) is 7.11. The normalized spacial score (nSPS) is 12.1. The highest BCUT2D eigenvalue weighted by Gasteiger charge is 2.25. The zero-order valence-corrected chi connectivity index (χ0v) is 14.3. The summed E-state index contributed by atoms with van der Waals surface area (Å²) in [6.07, 6.45) is -1.10. The van der Waals surface area contributed by atoms with E-state index in [0.717, 1.165) is 4.88 Å². The summed E-state index contributed by atoms with van der Waals surface area (Å²) in [5.74, 6) is -0.816. The number of carbonyl (C=O) groups is 1. The Morgan fingerprint density at radius 1 is 1.52 bits per heavy atom. The minimum absolute atomic E-state index is 0.0325. The van der Waals surface area contributed by atoms with E-state index in [4.69, 9.17) is 4.74 Å². The van der Waals surface area contributed by atoms with Gasteiger partial charge >= 0.3 is 12.2 Å². The Labute approximate surface area is 146 Å². The molecule has 0 aliphatic heterocycles. The fourth-order valence-electron chi connectivity index (χ4n) is 1.89. The van der Waals surface area contributed by atoms with Crippen molar-refractivity contribution in [2.45, 2.75) is 20.0 Å². The van der Waals surface area contributed by atoms with E-state index in [1.807, 2.05) is 6.92 Å². The molecule has 0 aliphatic rings. The van der Waals surface area contributed by atoms with Crippen LogP contribution in [-0.4, -0.2) is 28.5 Å². The lowest BCUT2D eigenvalue weighted by Gasteiger charge is -2.14. The number of aromatic nitrogens is 1. The number of amides is 1. The summed E-state index contributed by atoms with van der Waals surface area (Å²) in [5.41, 5.74) is 0.420. The van der Waals surface area contributed by atoms with Gasteiger partial charge < -0.3 is 14.6 Å². The van der Waals surface area contributed by atoms with Gasteiger partial charge in [-0.2, -0.15) is 8.78 Å². The topological polar surface area (TPSA) is 73.0 Å². The molecule has 9 heteroatoms. The van der Waals surface area contributed by atoms with Gasteiger partial charge in [-0.25, -0.2) is 4.79 Å². The lowest BCUT2D eigenvalue weighted by atomic mass is 10.2. The van der Waals surface area contributed by atoms with Gasteiger partial charge in [-0.15, -0.1) is 16.3 Å². The zero-order chi connectivity index (χ0) is 18.6. The van der Waals surface area contributed by atoms with Crippen LogP contribution in [-0.2, 0) is 4.74 Å². The van der Waals surface area contributed by atoms with Crippen LogP contribution in [0.1, 0.15) is 11.8 Å². The minimum Gasteiger partial charge on any atom is -0.504 e. The molecule has 6 nitrogen and oxygen atoms in total. The number of rotatable bonds is 5. The molecule has 134 valence electrons. The molecule has 0 saturated heterocycles. The summed E-state index contributed by atoms with van der Waals surface area (Å²) in [6, 6.07) is 3.91. The van der Waals surface area contributed by atoms with E-state index in [2.05, 4.69) is 16.3 Å². The molecule has 0 unspecified atom stereocenters. The second-order valence-electron chi connectivity index (χ2n) is 5.03. The molecule has 2 rings (SSSR count). The summed E-state index contributed by atoms with van der Waals surface area (Å²) in [4.78, 5) is 16.6. The number of ether oxygens (including phenoxy) is 2. The van der Waals surface area contributed by atoms with Crippen LogP contribution in [0.2, 0.25) is 0 Å². The number of benzene rings is 1. The van der Waals surface area contributed by atoms with Gasteiger partial charge in [0.2, 0.25) is 4.80 Å². The SMILES string of the molecule is C=CCOC(=O)/N=c1\sc(C)cn1-c1ccc(OC(C)(F)F)c(O)c1. The number of thiazole rings is 1. The Morgan fingerprint density at radius 3 is 2.84 bits per heavy atom. The fraction of sp³-hybridized carbons (Fsp3) is 0.250. The highest BCUT2D eigenvalue weighted by molar-refractivity contribution is 7.09. The molecule has 1 aromatic carbocycles. The third-order valence-corrected chi connectivity index (χ3v) is 3.69. The molecule has 0 aliphatic carbocycles. The Bertz CT molecular complexity index is 853. The summed E-state index contributed by atoms with van der Waals surface area (Å²) in [6.45, 7) is 5.85. The lowest BCUT2D eigenvalue weighted by Crippen LogP contribution is -2.19. The molecule has 1 N–H and O–H groups in total. The van der Waals surface area contributed by atoms with Crippen LogP contribution in [0.4, 0.5) is 13.6 Å². The van der Waals surface area contributed by atoms with Gasteiger partial charge in [-0.1, -0.05) is 12.7 Å². The zero-order valence-electron chi connectivity index (χ0n) is 13.5. The second-order valence-corrected chi connectivity index (χ2v) is 6.25. The number of aromatic hydroxyl groups is 1. The smallest absolute Gasteiger partial charge is 0.436 e. The van der Waals surface area contributed by atoms with E-state index in [0.29, 0.717) is 17.4 Å². The van der Waals surface area contributed by atoms with Crippen LogP contribution in [0.5, 0.6) is 11.5 Å². The highest BCUT2D eigenvalue weighted by Crippen LogP contribution is 2.32. The summed E-state index contributed by atoms with van der Waals surface area (Å²) < 4.78 is 36.5. The molecule has 1 amide bonds. The molecule has 25 heavy (non-hydrogen) atoms. The first-order chi connectivity index (χ1) is 11.7. The number of hydrogen-bond acceptors (Lipinski definition) is 5. The standard InChI is InChI=1S/C16H16F2N2O4S/c1-4-7-23-15(22)19-14-20(9-10(2)25-14)11-5-6-13(12(21)8-11)24-16(3,17)18/h4-6,8-9,21H,1,7H2,2-3H3/b19-14-. The molecular formula is C16H16F2N2O4S. The second kappa shape index (κ2) is 7.47. The summed E-state index contributed by atoms with van der Waals surface area (Å²) in [5, 5.41) is 9.91. The van der Waals surface area contributed by atoms with Gasteiger partial charge in [-0.05, 0) is 19.1 Å². The van der Waals surface area contributed by atoms with E-state index < -0.39 is 18.0 Å². The highest BCUT2D eigenvalue weighted by atomic mass is 32.1. The first kappa shape index (κ1) is 18.7. The van der Waals surface area contributed by atoms with Gasteiger partial charge in [0.1, 0.15) is 6.61 Å². The van der Waals surface area contributed by atoms with Gasteiger partial charge in [0.15, 0.2) is 11.5 Å². The van der Waals surface area contributed by atoms with Crippen molar-refractivity contribution in [2.24, 2.45) is 4.99 Å². The van der Waals surface area contributed by atoms with Gasteiger partial charge in [-0.3, -0.25) is 4.57 Å². The number of phenols is 1. The predicted octanol–water partition coefficient (Wildman–Crippen LogP) is 3.77. The fourth-order valence-corrected chi connectivity index (χ4v) is 2.72. The molecule has 1 heterocycles. The average molecular weight is 370 g/mol. The maximum atomic E-state index is 12.9. The van der Waals surface area contributed by atoms with Gasteiger partial charge in [0.25, 0.3) is 0 Å². The van der Waals surface area contributed by atoms with Crippen molar-refractivity contribution in [1.82, 2.24) is 4.57 Å². The Hall–Kier alpha value is -2.68. The van der Waals surface area contributed by atoms with Crippen LogP contribution in [0, 0.1) is 6.92 Å². The first-order valence-corrected chi connectivity index (χ1v) is 7.93. The third kappa shape index (κ3) is 5.15. The number of nitrogens with zero attached hydrogens (tertiary/aromatic N) is 2. The molecule has 2 aromatic rings. The van der Waals surface area contributed by atoms with E-state index in [1.165, 1.54) is 40.2 Å². The van der Waals surface area contributed by atoms with Crippen LogP contribution >= 0.6 is 11.3 Å². The van der Waals surface area contributed by atoms with Gasteiger partial charge in [0, 0.05) is 24.1 Å². The van der Waals surface area contributed by atoms with Crippen molar-refractivity contribution >= 4 is 17.4 Å². The summed E-state index contributed by atoms with van der Waals surface area (Å²) >= 11 is 1.23. The van der Waals surface area contributed by atoms with Crippen molar-refractivity contribution in [3.63, 3.8) is 0 Å². The number of phenolic OH excluding ortho intramolecular Hbond substituents is 1. The van der Waals surface area contributed by atoms with Crippen LogP contribution < -0.4 is 9.54 Å². The number of hydrogen-bond donors (Lipinski definition) is 1. The van der Waals surface area contributed by atoms with Crippen molar-refractivity contribution in [3.05, 3.63) is 46.7 Å². The van der Waals surface area contributed by atoms with Gasteiger partial charge in [0.05, 0.1) is 5.69 Å². The molecular weight excluding hydrogens is 354 g/mol. The van der Waals surface area contributed by atoms with Crippen LogP contribution in [0.15, 0.2) is 42.0 Å². The quantitative estimate of drug-likeness (QED) is 0.813. The van der Waals surface area contributed by atoms with E-state index in [9.17, 15) is 18.7 Å². The Kier molecular flexibility index (Phi) is 5.58. The predicted molar refractivity (Wildman–Crippen MR) is 88.4 cm³/mol. The van der Waals surface area contributed by atoms with Crippen molar-refractivity contribution < 1.29 is 28.2 Å². The lowest BCUT2D eigenvalue weighted by molar-refractivity contribution is -0.159. The molecule has 0 radical (unpaired) electrons. The Morgan fingerprint density at radius 2 is 2.24 bits per heavy atom. The molecule has 1 aromatic heterocycles. The molecule has 0 fully saturated rings. The number of aryl methyl sites for hydroxylation is 1.